The van der Waals surface area contributed by atoms with Gasteiger partial charge in [0.25, 0.3) is 0 Å². The van der Waals surface area contributed by atoms with Gasteiger partial charge in [0.1, 0.15) is 23.8 Å². The second-order valence-corrected chi connectivity index (χ2v) is 4.11. The molecule has 3 rings (SSSR count). The molecular formula is C13H13N5O. The molecule has 19 heavy (non-hydrogen) atoms. The number of nitrogen functional groups attached to an aromatic ring is 1. The summed E-state index contributed by atoms with van der Waals surface area (Å²) >= 11 is 0. The Hall–Kier alpha value is -2.47. The summed E-state index contributed by atoms with van der Waals surface area (Å²) in [5.41, 5.74) is 7.97. The summed E-state index contributed by atoms with van der Waals surface area (Å²) in [5.74, 6) is 1.04. The number of hydrogen-bond acceptors (Lipinski definition) is 5. The largest absolute Gasteiger partial charge is 0.382 e. The lowest BCUT2D eigenvalue weighted by molar-refractivity contribution is 0.130. The maximum atomic E-state index is 5.79. The molecule has 0 aliphatic heterocycles. The van der Waals surface area contributed by atoms with Gasteiger partial charge in [0.15, 0.2) is 11.5 Å². The second kappa shape index (κ2) is 4.66. The van der Waals surface area contributed by atoms with Gasteiger partial charge in [0.05, 0.1) is 0 Å². The van der Waals surface area contributed by atoms with Crippen LogP contribution in [0.1, 0.15) is 17.5 Å². The fraction of sp³-hybridized carbons (Fsp3) is 0.154. The summed E-state index contributed by atoms with van der Waals surface area (Å²) < 4.78 is 5.51. The van der Waals surface area contributed by atoms with E-state index in [9.17, 15) is 0 Å². The summed E-state index contributed by atoms with van der Waals surface area (Å²) in [6, 6.07) is 9.83. The molecule has 96 valence electrons. The van der Waals surface area contributed by atoms with Gasteiger partial charge in [-0.2, -0.15) is 0 Å². The van der Waals surface area contributed by atoms with Gasteiger partial charge in [0.2, 0.25) is 0 Å². The molecular weight excluding hydrogens is 242 g/mol. The summed E-state index contributed by atoms with van der Waals surface area (Å²) in [6.45, 7) is 0. The number of hydrogen-bond donors (Lipinski definition) is 2. The zero-order valence-corrected chi connectivity index (χ0v) is 10.4. The number of anilines is 1. The number of fused-ring (bicyclic) bond motifs is 1. The van der Waals surface area contributed by atoms with E-state index in [4.69, 9.17) is 10.5 Å². The maximum Gasteiger partial charge on any atom is 0.183 e. The van der Waals surface area contributed by atoms with Crippen molar-refractivity contribution in [3.05, 3.63) is 48.0 Å². The number of imidazole rings is 1. The molecule has 3 aromatic rings. The first-order valence-electron chi connectivity index (χ1n) is 5.83. The van der Waals surface area contributed by atoms with Crippen molar-refractivity contribution in [2.24, 2.45) is 0 Å². The van der Waals surface area contributed by atoms with Crippen LogP contribution in [0.3, 0.4) is 0 Å². The molecule has 0 aliphatic carbocycles. The fourth-order valence-corrected chi connectivity index (χ4v) is 2.02. The number of rotatable bonds is 3. The molecule has 0 bridgehead atoms. The summed E-state index contributed by atoms with van der Waals surface area (Å²) in [7, 11) is 1.64. The quantitative estimate of drug-likeness (QED) is 0.743. The van der Waals surface area contributed by atoms with Crippen molar-refractivity contribution in [2.75, 3.05) is 12.8 Å². The standard InChI is InChI=1S/C13H13N5O/c1-19-10(8-5-3-2-4-6-8)13-17-9-11(14)15-7-16-12(9)18-13/h2-7,10H,1H3,(H3,14,15,16,17,18). The van der Waals surface area contributed by atoms with Gasteiger partial charge in [-0.15, -0.1) is 0 Å². The van der Waals surface area contributed by atoms with Gasteiger partial charge in [-0.25, -0.2) is 15.0 Å². The van der Waals surface area contributed by atoms with E-state index >= 15 is 0 Å². The molecule has 1 atom stereocenters. The van der Waals surface area contributed by atoms with Gasteiger partial charge in [0, 0.05) is 7.11 Å². The van der Waals surface area contributed by atoms with E-state index in [1.54, 1.807) is 7.11 Å². The molecule has 3 N–H and O–H groups in total. The van der Waals surface area contributed by atoms with Crippen molar-refractivity contribution in [3.63, 3.8) is 0 Å². The predicted octanol–water partition coefficient (Wildman–Crippen LogP) is 1.67. The van der Waals surface area contributed by atoms with Crippen LogP contribution in [0.15, 0.2) is 36.7 Å². The Morgan fingerprint density at radius 1 is 1.21 bits per heavy atom. The summed E-state index contributed by atoms with van der Waals surface area (Å²) in [6.07, 6.45) is 1.11. The van der Waals surface area contributed by atoms with Crippen LogP contribution in [0.25, 0.3) is 11.2 Å². The first-order chi connectivity index (χ1) is 9.29. The minimum absolute atomic E-state index is 0.283. The molecule has 0 fully saturated rings. The van der Waals surface area contributed by atoms with Crippen molar-refractivity contribution in [1.82, 2.24) is 19.9 Å². The van der Waals surface area contributed by atoms with E-state index in [-0.39, 0.29) is 6.10 Å². The first-order valence-corrected chi connectivity index (χ1v) is 5.83. The SMILES string of the molecule is COC(c1ccccc1)c1nc2ncnc(N)c2[nH]1. The molecule has 2 heterocycles. The maximum absolute atomic E-state index is 5.79. The highest BCUT2D eigenvalue weighted by Crippen LogP contribution is 2.25. The average molecular weight is 255 g/mol. The third-order valence-corrected chi connectivity index (χ3v) is 2.92. The Labute approximate surface area is 109 Å². The Bertz CT molecular complexity index is 695. The monoisotopic (exact) mass is 255 g/mol. The molecule has 1 aromatic carbocycles. The molecule has 6 nitrogen and oxygen atoms in total. The third kappa shape index (κ3) is 2.02. The normalized spacial score (nSPS) is 12.7. The smallest absolute Gasteiger partial charge is 0.183 e. The van der Waals surface area contributed by atoms with Crippen LogP contribution >= 0.6 is 0 Å². The van der Waals surface area contributed by atoms with Crippen molar-refractivity contribution in [3.8, 4) is 0 Å². The van der Waals surface area contributed by atoms with Crippen LogP contribution < -0.4 is 5.73 Å². The Balaban J connectivity index is 2.09. The topological polar surface area (TPSA) is 89.7 Å². The molecule has 2 aromatic heterocycles. The first kappa shape index (κ1) is 11.6. The summed E-state index contributed by atoms with van der Waals surface area (Å²) in [5, 5.41) is 0. The Morgan fingerprint density at radius 2 is 2.00 bits per heavy atom. The van der Waals surface area contributed by atoms with Gasteiger partial charge in [-0.1, -0.05) is 30.3 Å². The van der Waals surface area contributed by atoms with E-state index in [2.05, 4.69) is 19.9 Å². The molecule has 6 heteroatoms. The minimum atomic E-state index is -0.283. The number of aromatic nitrogens is 4. The number of benzene rings is 1. The number of ether oxygens (including phenoxy) is 1. The van der Waals surface area contributed by atoms with Crippen molar-refractivity contribution in [2.45, 2.75) is 6.10 Å². The van der Waals surface area contributed by atoms with Crippen LogP contribution in [-0.2, 0) is 4.74 Å². The van der Waals surface area contributed by atoms with Crippen LogP contribution in [0, 0.1) is 0 Å². The van der Waals surface area contributed by atoms with Crippen LogP contribution in [0.2, 0.25) is 0 Å². The van der Waals surface area contributed by atoms with Gasteiger partial charge in [-0.05, 0) is 5.56 Å². The molecule has 0 saturated carbocycles. The zero-order chi connectivity index (χ0) is 13.2. The summed E-state index contributed by atoms with van der Waals surface area (Å²) in [4.78, 5) is 15.6. The molecule has 0 aliphatic rings. The van der Waals surface area contributed by atoms with Crippen molar-refractivity contribution >= 4 is 17.0 Å². The van der Waals surface area contributed by atoms with Crippen molar-refractivity contribution < 1.29 is 4.74 Å². The highest BCUT2D eigenvalue weighted by molar-refractivity contribution is 5.81. The molecule has 1 unspecified atom stereocenters. The average Bonchev–Trinajstić information content (AvgIpc) is 2.86. The van der Waals surface area contributed by atoms with Gasteiger partial charge < -0.3 is 15.5 Å². The van der Waals surface area contributed by atoms with Gasteiger partial charge in [-0.3, -0.25) is 0 Å². The lowest BCUT2D eigenvalue weighted by atomic mass is 10.1. The van der Waals surface area contributed by atoms with E-state index in [1.165, 1.54) is 6.33 Å². The minimum Gasteiger partial charge on any atom is -0.382 e. The van der Waals surface area contributed by atoms with Crippen LogP contribution in [-0.4, -0.2) is 27.0 Å². The second-order valence-electron chi connectivity index (χ2n) is 4.11. The Kier molecular flexibility index (Phi) is 2.85. The van der Waals surface area contributed by atoms with Crippen LogP contribution in [0.4, 0.5) is 5.82 Å². The van der Waals surface area contributed by atoms with E-state index in [0.717, 1.165) is 5.56 Å². The number of nitrogens with zero attached hydrogens (tertiary/aromatic N) is 3. The third-order valence-electron chi connectivity index (χ3n) is 2.92. The van der Waals surface area contributed by atoms with E-state index in [0.29, 0.717) is 22.8 Å². The zero-order valence-electron chi connectivity index (χ0n) is 10.4. The molecule has 0 spiro atoms. The number of nitrogens with two attached hydrogens (primary N) is 1. The highest BCUT2D eigenvalue weighted by Gasteiger charge is 2.18. The number of aromatic amines is 1. The molecule has 0 amide bonds. The van der Waals surface area contributed by atoms with Crippen molar-refractivity contribution in [1.29, 1.82) is 0 Å². The number of methoxy groups -OCH3 is 1. The molecule has 0 saturated heterocycles. The van der Waals surface area contributed by atoms with E-state index in [1.807, 2.05) is 30.3 Å². The van der Waals surface area contributed by atoms with Gasteiger partial charge >= 0.3 is 0 Å². The number of nitrogens with one attached hydrogen (secondary N) is 1. The van der Waals surface area contributed by atoms with Crippen LogP contribution in [0.5, 0.6) is 0 Å². The fourth-order valence-electron chi connectivity index (χ4n) is 2.02. The highest BCUT2D eigenvalue weighted by atomic mass is 16.5. The molecule has 0 radical (unpaired) electrons. The lowest BCUT2D eigenvalue weighted by Gasteiger charge is -2.12. The predicted molar refractivity (Wildman–Crippen MR) is 71.4 cm³/mol. The Morgan fingerprint density at radius 3 is 2.68 bits per heavy atom. The lowest BCUT2D eigenvalue weighted by Crippen LogP contribution is -2.05. The number of H-pyrrole nitrogens is 1. The van der Waals surface area contributed by atoms with E-state index < -0.39 is 0 Å².